The monoisotopic (exact) mass is 99.1 g/mol. The van der Waals surface area contributed by atoms with Crippen LogP contribution in [0.4, 0.5) is 0 Å². The van der Waals surface area contributed by atoms with Crippen LogP contribution in [-0.2, 0) is 4.74 Å². The van der Waals surface area contributed by atoms with E-state index < -0.39 is 0 Å². The summed E-state index contributed by atoms with van der Waals surface area (Å²) < 4.78 is 5.25. The Morgan fingerprint density at radius 3 is 2.86 bits per heavy atom. The molecular weight excluding hydrogens is 88.1 g/mol. The highest BCUT2D eigenvalue weighted by Crippen LogP contribution is 2.09. The molecule has 1 aliphatic rings. The molecule has 1 heterocycles. The maximum Gasteiger partial charge on any atom is 0.113 e. The summed E-state index contributed by atoms with van der Waals surface area (Å²) in [4.78, 5) is 0. The maximum atomic E-state index is 5.25. The zero-order valence-corrected chi connectivity index (χ0v) is 4.68. The Morgan fingerprint density at radius 2 is 2.57 bits per heavy atom. The van der Waals surface area contributed by atoms with Crippen molar-refractivity contribution in [2.24, 2.45) is 0 Å². The zero-order valence-electron chi connectivity index (χ0n) is 4.68. The van der Waals surface area contributed by atoms with Gasteiger partial charge in [-0.05, 0) is 6.92 Å². The minimum Gasteiger partial charge on any atom is -0.370 e. The molecule has 0 aromatic heterocycles. The second-order valence-corrected chi connectivity index (χ2v) is 1.99. The van der Waals surface area contributed by atoms with E-state index >= 15 is 0 Å². The van der Waals surface area contributed by atoms with Gasteiger partial charge in [-0.15, -0.1) is 0 Å². The third kappa shape index (κ3) is 1.39. The van der Waals surface area contributed by atoms with Crippen LogP contribution < -0.4 is 0 Å². The first-order valence-electron chi connectivity index (χ1n) is 2.83. The van der Waals surface area contributed by atoms with Crippen molar-refractivity contribution in [3.63, 3.8) is 0 Å². The summed E-state index contributed by atoms with van der Waals surface area (Å²) in [5.74, 6) is 0. The maximum absolute atomic E-state index is 5.25. The summed E-state index contributed by atoms with van der Waals surface area (Å²) >= 11 is 0. The van der Waals surface area contributed by atoms with Gasteiger partial charge in [0.25, 0.3) is 0 Å². The lowest BCUT2D eigenvalue weighted by Crippen LogP contribution is -2.14. The predicted molar refractivity (Wildman–Crippen MR) is 28.9 cm³/mol. The molecular formula is C6H11O+. The molecule has 1 heteroatoms. The summed E-state index contributed by atoms with van der Waals surface area (Å²) in [5.41, 5.74) is 0. The Bertz CT molecular complexity index is 46.1. The number of ether oxygens (including phenoxy) is 1. The molecule has 0 radical (unpaired) electrons. The Hall–Kier alpha value is -0.170. The van der Waals surface area contributed by atoms with E-state index in [1.54, 1.807) is 0 Å². The van der Waals surface area contributed by atoms with Crippen LogP contribution in [0.2, 0.25) is 0 Å². The van der Waals surface area contributed by atoms with Crippen LogP contribution in [0.5, 0.6) is 0 Å². The van der Waals surface area contributed by atoms with Gasteiger partial charge in [0.05, 0.1) is 19.1 Å². The van der Waals surface area contributed by atoms with Crippen LogP contribution in [0.3, 0.4) is 0 Å². The molecule has 1 unspecified atom stereocenters. The molecule has 1 saturated heterocycles. The lowest BCUT2D eigenvalue weighted by molar-refractivity contribution is 0.0468. The van der Waals surface area contributed by atoms with Gasteiger partial charge in [0.15, 0.2) is 0 Å². The molecule has 1 fully saturated rings. The van der Waals surface area contributed by atoms with Crippen LogP contribution in [0.1, 0.15) is 19.8 Å². The fourth-order valence-corrected chi connectivity index (χ4v) is 0.773. The highest BCUT2D eigenvalue weighted by molar-refractivity contribution is 4.72. The topological polar surface area (TPSA) is 9.23 Å². The Balaban J connectivity index is 2.12. The number of hydrogen-bond donors (Lipinski definition) is 0. The largest absolute Gasteiger partial charge is 0.370 e. The van der Waals surface area contributed by atoms with Gasteiger partial charge in [0.2, 0.25) is 0 Å². The molecule has 7 heavy (non-hydrogen) atoms. The number of hydrogen-bond acceptors (Lipinski definition) is 1. The minimum absolute atomic E-state index is 0.480. The van der Waals surface area contributed by atoms with E-state index in [9.17, 15) is 0 Å². The third-order valence-corrected chi connectivity index (χ3v) is 1.22. The summed E-state index contributed by atoms with van der Waals surface area (Å²) in [7, 11) is 0. The lowest BCUT2D eigenvalue weighted by atomic mass is 10.1. The normalized spacial score (nSPS) is 31.9. The molecule has 0 N–H and O–H groups in total. The van der Waals surface area contributed by atoms with E-state index in [0.29, 0.717) is 6.10 Å². The van der Waals surface area contributed by atoms with Gasteiger partial charge < -0.3 is 4.74 Å². The molecule has 1 atom stereocenters. The molecule has 0 aromatic carbocycles. The van der Waals surface area contributed by atoms with Crippen molar-refractivity contribution < 1.29 is 4.74 Å². The molecule has 1 rings (SSSR count). The van der Waals surface area contributed by atoms with Gasteiger partial charge in [-0.3, -0.25) is 0 Å². The Labute approximate surface area is 44.7 Å². The Kier molecular flexibility index (Phi) is 1.58. The van der Waals surface area contributed by atoms with Crippen LogP contribution in [0, 0.1) is 6.42 Å². The summed E-state index contributed by atoms with van der Waals surface area (Å²) in [6, 6.07) is 0. The van der Waals surface area contributed by atoms with Crippen molar-refractivity contribution in [3.8, 4) is 0 Å². The van der Waals surface area contributed by atoms with Crippen molar-refractivity contribution in [1.82, 2.24) is 0 Å². The molecule has 0 aromatic rings. The molecule has 1 aliphatic heterocycles. The molecule has 1 nitrogen and oxygen atoms in total. The summed E-state index contributed by atoms with van der Waals surface area (Å²) in [5, 5.41) is 0. The molecule has 40 valence electrons. The second-order valence-electron chi connectivity index (χ2n) is 1.99. The highest BCUT2D eigenvalue weighted by atomic mass is 16.5. The van der Waals surface area contributed by atoms with Gasteiger partial charge >= 0.3 is 0 Å². The average Bonchev–Trinajstić information content (AvgIpc) is 1.69. The van der Waals surface area contributed by atoms with E-state index in [4.69, 9.17) is 4.74 Å². The van der Waals surface area contributed by atoms with E-state index in [0.717, 1.165) is 19.4 Å². The van der Waals surface area contributed by atoms with Crippen molar-refractivity contribution in [2.45, 2.75) is 25.9 Å². The van der Waals surface area contributed by atoms with E-state index in [2.05, 4.69) is 13.3 Å². The minimum atomic E-state index is 0.480. The predicted octanol–water partition coefficient (Wildman–Crippen LogP) is 1.39. The standard InChI is InChI=1S/C6H11O/c1-6-4-2-3-5-7-6/h2,6H,3-5H2,1H3/q+1. The van der Waals surface area contributed by atoms with Gasteiger partial charge in [-0.1, -0.05) is 0 Å². The summed E-state index contributed by atoms with van der Waals surface area (Å²) in [6.45, 7) is 3.04. The smallest absolute Gasteiger partial charge is 0.113 e. The molecule has 0 saturated carbocycles. The highest BCUT2D eigenvalue weighted by Gasteiger charge is 2.13. The van der Waals surface area contributed by atoms with Crippen LogP contribution >= 0.6 is 0 Å². The first-order valence-corrected chi connectivity index (χ1v) is 2.83. The second kappa shape index (κ2) is 2.22. The van der Waals surface area contributed by atoms with Gasteiger partial charge in [-0.2, -0.15) is 0 Å². The Morgan fingerprint density at radius 1 is 1.71 bits per heavy atom. The van der Waals surface area contributed by atoms with Crippen LogP contribution in [0.15, 0.2) is 0 Å². The summed E-state index contributed by atoms with van der Waals surface area (Å²) in [6.07, 6.45) is 5.05. The quantitative estimate of drug-likeness (QED) is 0.417. The third-order valence-electron chi connectivity index (χ3n) is 1.22. The first kappa shape index (κ1) is 4.98. The van der Waals surface area contributed by atoms with Crippen molar-refractivity contribution in [1.29, 1.82) is 0 Å². The number of rotatable bonds is 0. The zero-order chi connectivity index (χ0) is 5.11. The molecule has 0 bridgehead atoms. The average molecular weight is 99.2 g/mol. The van der Waals surface area contributed by atoms with Crippen LogP contribution in [-0.4, -0.2) is 12.7 Å². The SMILES string of the molecule is CC1C[CH+]CCO1. The van der Waals surface area contributed by atoms with E-state index in [-0.39, 0.29) is 0 Å². The van der Waals surface area contributed by atoms with Crippen molar-refractivity contribution in [3.05, 3.63) is 6.42 Å². The molecule has 0 aliphatic carbocycles. The van der Waals surface area contributed by atoms with Crippen LogP contribution in [0.25, 0.3) is 0 Å². The van der Waals surface area contributed by atoms with Gasteiger partial charge in [0.1, 0.15) is 12.8 Å². The molecule has 0 spiro atoms. The van der Waals surface area contributed by atoms with E-state index in [1.165, 1.54) is 0 Å². The van der Waals surface area contributed by atoms with Gasteiger partial charge in [-0.25, -0.2) is 0 Å². The fourth-order valence-electron chi connectivity index (χ4n) is 0.773. The fraction of sp³-hybridized carbons (Fsp3) is 0.833. The van der Waals surface area contributed by atoms with E-state index in [1.807, 2.05) is 0 Å². The lowest BCUT2D eigenvalue weighted by Gasteiger charge is -2.11. The molecule has 0 amide bonds. The first-order chi connectivity index (χ1) is 3.39. The van der Waals surface area contributed by atoms with Gasteiger partial charge in [0, 0.05) is 0 Å². The van der Waals surface area contributed by atoms with Crippen molar-refractivity contribution >= 4 is 0 Å². The van der Waals surface area contributed by atoms with Crippen molar-refractivity contribution in [2.75, 3.05) is 6.61 Å².